The van der Waals surface area contributed by atoms with Gasteiger partial charge in [-0.2, -0.15) is 5.26 Å². The zero-order chi connectivity index (χ0) is 41.5. The number of nitrogens with zero attached hydrogens (tertiary/aromatic N) is 4. The molecule has 0 fully saturated rings. The van der Waals surface area contributed by atoms with Gasteiger partial charge in [-0.05, 0) is 80.9 Å². The maximum absolute atomic E-state index is 9.86. The monoisotopic (exact) mass is 800 g/mol. The van der Waals surface area contributed by atoms with Crippen LogP contribution in [0.1, 0.15) is 16.7 Å². The molecule has 0 amide bonds. The van der Waals surface area contributed by atoms with Crippen molar-refractivity contribution in [3.05, 3.63) is 223 Å². The van der Waals surface area contributed by atoms with Crippen molar-refractivity contribution in [2.24, 2.45) is 0 Å². The highest BCUT2D eigenvalue weighted by atomic mass is 32.2. The van der Waals surface area contributed by atoms with Crippen LogP contribution in [-0.4, -0.2) is 25.0 Å². The topological polar surface area (TPSA) is 110 Å². The minimum Gasteiger partial charge on any atom is -0.293 e. The quantitative estimate of drug-likeness (QED) is 0.112. The molecule has 0 spiro atoms. The Morgan fingerprint density at radius 3 is 1.41 bits per heavy atom. The molecule has 0 bridgehead atoms. The first-order valence-corrected chi connectivity index (χ1v) is 20.5. The molecule has 6 nitrogen and oxygen atoms in total. The first-order valence-electron chi connectivity index (χ1n) is 19.7. The van der Waals surface area contributed by atoms with Gasteiger partial charge < -0.3 is 0 Å². The third-order valence-corrected chi connectivity index (χ3v) is 11.2. The fourth-order valence-corrected chi connectivity index (χ4v) is 7.96. The van der Waals surface area contributed by atoms with Crippen LogP contribution in [0.15, 0.2) is 206 Å². The molecular formula is C54H36N6S. The third kappa shape index (κ3) is 8.57. The van der Waals surface area contributed by atoms with E-state index >= 15 is 0 Å². The molecule has 0 saturated heterocycles. The Morgan fingerprint density at radius 2 is 0.787 bits per heavy atom. The Labute approximate surface area is 359 Å². The van der Waals surface area contributed by atoms with Gasteiger partial charge >= 0.3 is 0 Å². The lowest BCUT2D eigenvalue weighted by molar-refractivity contribution is 1.07. The molecule has 0 aliphatic heterocycles. The SMILES string of the molecule is N#Cc1cccc(-c2cc(-c3cccc(C(=N)SC(=N)c4ccccc4)c3)ccc2-c2cccc(-c3cccc(-c4nc(-c5ccccc5)nc(-c5ccccc5)n4)c3)c2)c1. The van der Waals surface area contributed by atoms with Crippen LogP contribution < -0.4 is 0 Å². The summed E-state index contributed by atoms with van der Waals surface area (Å²) in [6, 6.07) is 70.6. The lowest BCUT2D eigenvalue weighted by atomic mass is 9.89. The van der Waals surface area contributed by atoms with E-state index in [-0.39, 0.29) is 0 Å². The molecule has 2 N–H and O–H groups in total. The van der Waals surface area contributed by atoms with Crippen LogP contribution >= 0.6 is 11.8 Å². The van der Waals surface area contributed by atoms with E-state index in [1.807, 2.05) is 152 Å². The number of aromatic nitrogens is 3. The van der Waals surface area contributed by atoms with E-state index in [0.717, 1.165) is 84.1 Å². The Kier molecular flexibility index (Phi) is 11.0. The molecule has 9 aromatic rings. The van der Waals surface area contributed by atoms with Crippen LogP contribution in [0.5, 0.6) is 0 Å². The second-order valence-electron chi connectivity index (χ2n) is 14.4. The number of hydrogen-bond donors (Lipinski definition) is 2. The Balaban J connectivity index is 1.08. The lowest BCUT2D eigenvalue weighted by Gasteiger charge is -2.15. The van der Waals surface area contributed by atoms with E-state index in [2.05, 4.69) is 60.7 Å². The predicted molar refractivity (Wildman–Crippen MR) is 250 cm³/mol. The van der Waals surface area contributed by atoms with Gasteiger partial charge in [-0.15, -0.1) is 0 Å². The second-order valence-corrected chi connectivity index (χ2v) is 15.4. The smallest absolute Gasteiger partial charge is 0.164 e. The fraction of sp³-hybridized carbons (Fsp3) is 0. The maximum atomic E-state index is 9.86. The van der Waals surface area contributed by atoms with Crippen molar-refractivity contribution in [3.8, 4) is 84.7 Å². The van der Waals surface area contributed by atoms with Crippen LogP contribution in [0.25, 0.3) is 78.7 Å². The number of hydrogen-bond acceptors (Lipinski definition) is 7. The number of rotatable bonds is 9. The van der Waals surface area contributed by atoms with Gasteiger partial charge in [-0.25, -0.2) is 15.0 Å². The molecule has 0 unspecified atom stereocenters. The van der Waals surface area contributed by atoms with Crippen LogP contribution in [0.3, 0.4) is 0 Å². The first-order chi connectivity index (χ1) is 30.0. The molecule has 0 aliphatic carbocycles. The van der Waals surface area contributed by atoms with Crippen molar-refractivity contribution in [3.63, 3.8) is 0 Å². The van der Waals surface area contributed by atoms with Gasteiger partial charge in [0, 0.05) is 27.8 Å². The normalized spacial score (nSPS) is 10.8. The molecule has 7 heteroatoms. The number of nitrogens with one attached hydrogen (secondary N) is 2. The second kappa shape index (κ2) is 17.4. The molecule has 0 radical (unpaired) electrons. The average molecular weight is 801 g/mol. The first kappa shape index (κ1) is 38.5. The van der Waals surface area contributed by atoms with Gasteiger partial charge in [0.1, 0.15) is 10.1 Å². The Bertz CT molecular complexity index is 3050. The molecule has 1 heterocycles. The summed E-state index contributed by atoms with van der Waals surface area (Å²) in [5.41, 5.74) is 12.7. The van der Waals surface area contributed by atoms with E-state index in [1.54, 1.807) is 0 Å². The average Bonchev–Trinajstić information content (AvgIpc) is 3.34. The number of thioether (sulfide) groups is 1. The molecule has 288 valence electrons. The van der Waals surface area contributed by atoms with Crippen LogP contribution in [0.2, 0.25) is 0 Å². The highest BCUT2D eigenvalue weighted by Gasteiger charge is 2.16. The van der Waals surface area contributed by atoms with Crippen molar-refractivity contribution in [2.75, 3.05) is 0 Å². The molecule has 9 rings (SSSR count). The van der Waals surface area contributed by atoms with E-state index < -0.39 is 0 Å². The molecule has 0 atom stereocenters. The van der Waals surface area contributed by atoms with Gasteiger partial charge in [0.25, 0.3) is 0 Å². The highest BCUT2D eigenvalue weighted by molar-refractivity contribution is 8.27. The predicted octanol–water partition coefficient (Wildman–Crippen LogP) is 13.5. The minimum atomic E-state index is 0.305. The highest BCUT2D eigenvalue weighted by Crippen LogP contribution is 2.38. The summed E-state index contributed by atoms with van der Waals surface area (Å²) < 4.78 is 0. The van der Waals surface area contributed by atoms with Crippen LogP contribution in [-0.2, 0) is 0 Å². The zero-order valence-corrected chi connectivity index (χ0v) is 33.6. The van der Waals surface area contributed by atoms with Gasteiger partial charge in [0.2, 0.25) is 0 Å². The summed E-state index contributed by atoms with van der Waals surface area (Å²) in [7, 11) is 0. The molecule has 1 aromatic heterocycles. The molecule has 8 aromatic carbocycles. The molecular weight excluding hydrogens is 765 g/mol. The van der Waals surface area contributed by atoms with Gasteiger partial charge in [-0.1, -0.05) is 182 Å². The van der Waals surface area contributed by atoms with Crippen LogP contribution in [0.4, 0.5) is 0 Å². The van der Waals surface area contributed by atoms with Crippen molar-refractivity contribution in [2.45, 2.75) is 0 Å². The Hall–Kier alpha value is -8.05. The van der Waals surface area contributed by atoms with Gasteiger partial charge in [0.15, 0.2) is 17.5 Å². The van der Waals surface area contributed by atoms with E-state index in [1.165, 1.54) is 0 Å². The van der Waals surface area contributed by atoms with Crippen molar-refractivity contribution >= 4 is 21.8 Å². The van der Waals surface area contributed by atoms with E-state index in [0.29, 0.717) is 33.1 Å². The summed E-state index contributed by atoms with van der Waals surface area (Å²) in [5, 5.41) is 27.9. The van der Waals surface area contributed by atoms with E-state index in [4.69, 9.17) is 25.8 Å². The van der Waals surface area contributed by atoms with Gasteiger partial charge in [-0.3, -0.25) is 10.8 Å². The molecule has 0 saturated carbocycles. The standard InChI is InChI=1S/C54H36N6S/c55-35-36-14-10-24-44(30-36)49-34-43(41-22-12-26-46(32-41)51(57)61-50(56)37-15-4-1-5-16-37)28-29-48(49)45-25-11-21-40(31-45)42-23-13-27-47(33-42)54-59-52(38-17-6-2-7-18-38)58-53(60-54)39-19-8-3-9-20-39/h1-34,56-57H. The lowest BCUT2D eigenvalue weighted by Crippen LogP contribution is -2.01. The summed E-state index contributed by atoms with van der Waals surface area (Å²) in [6.07, 6.45) is 0. The van der Waals surface area contributed by atoms with Gasteiger partial charge in [0.05, 0.1) is 11.6 Å². The summed E-state index contributed by atoms with van der Waals surface area (Å²) >= 11 is 1.14. The maximum Gasteiger partial charge on any atom is 0.164 e. The summed E-state index contributed by atoms with van der Waals surface area (Å²) in [6.45, 7) is 0. The van der Waals surface area contributed by atoms with Crippen molar-refractivity contribution < 1.29 is 0 Å². The largest absolute Gasteiger partial charge is 0.293 e. The third-order valence-electron chi connectivity index (χ3n) is 10.3. The minimum absolute atomic E-state index is 0.305. The summed E-state index contributed by atoms with van der Waals surface area (Å²) in [5.74, 6) is 1.81. The fourth-order valence-electron chi connectivity index (χ4n) is 7.26. The van der Waals surface area contributed by atoms with E-state index in [9.17, 15) is 5.26 Å². The zero-order valence-electron chi connectivity index (χ0n) is 32.8. The number of nitriles is 1. The molecule has 0 aliphatic rings. The van der Waals surface area contributed by atoms with Crippen molar-refractivity contribution in [1.29, 1.82) is 16.1 Å². The van der Waals surface area contributed by atoms with Crippen molar-refractivity contribution in [1.82, 2.24) is 15.0 Å². The van der Waals surface area contributed by atoms with Crippen LogP contribution in [0, 0.1) is 22.1 Å². The Morgan fingerprint density at radius 1 is 0.361 bits per heavy atom. The molecule has 61 heavy (non-hydrogen) atoms. The summed E-state index contributed by atoms with van der Waals surface area (Å²) in [4.78, 5) is 14.8. The number of benzene rings is 8.